The van der Waals surface area contributed by atoms with Crippen molar-refractivity contribution in [1.82, 2.24) is 20.3 Å². The summed E-state index contributed by atoms with van der Waals surface area (Å²) in [5, 5.41) is 6.34. The van der Waals surface area contributed by atoms with Crippen LogP contribution in [0.25, 0.3) is 0 Å². The summed E-state index contributed by atoms with van der Waals surface area (Å²) >= 11 is 0. The summed E-state index contributed by atoms with van der Waals surface area (Å²) in [6.07, 6.45) is 0. The predicted molar refractivity (Wildman–Crippen MR) is 101 cm³/mol. The van der Waals surface area contributed by atoms with Gasteiger partial charge in [0, 0.05) is 13.6 Å². The lowest BCUT2D eigenvalue weighted by molar-refractivity contribution is 0.463. The van der Waals surface area contributed by atoms with Crippen molar-refractivity contribution in [2.75, 3.05) is 14.1 Å². The maximum Gasteiger partial charge on any atom is 0.215 e. The van der Waals surface area contributed by atoms with E-state index >= 15 is 0 Å². The number of sulfonamides is 1. The van der Waals surface area contributed by atoms with E-state index in [0.717, 1.165) is 22.6 Å². The summed E-state index contributed by atoms with van der Waals surface area (Å²) in [5.41, 5.74) is 2.63. The van der Waals surface area contributed by atoms with Crippen molar-refractivity contribution in [3.63, 3.8) is 0 Å². The van der Waals surface area contributed by atoms with Gasteiger partial charge < -0.3 is 15.1 Å². The molecule has 0 spiro atoms. The van der Waals surface area contributed by atoms with Crippen molar-refractivity contribution < 1.29 is 12.8 Å². The quantitative estimate of drug-likeness (QED) is 0.493. The van der Waals surface area contributed by atoms with Crippen LogP contribution in [0, 0.1) is 13.8 Å². The van der Waals surface area contributed by atoms with Crippen LogP contribution in [0.2, 0.25) is 0 Å². The molecule has 1 heterocycles. The fraction of sp³-hybridized carbons (Fsp3) is 0.412. The van der Waals surface area contributed by atoms with Crippen molar-refractivity contribution in [2.24, 2.45) is 4.99 Å². The maximum absolute atomic E-state index is 11.6. The molecule has 8 nitrogen and oxygen atoms in total. The van der Waals surface area contributed by atoms with Gasteiger partial charge in [0.25, 0.3) is 0 Å². The number of oxazole rings is 1. The summed E-state index contributed by atoms with van der Waals surface area (Å²) in [6.45, 7) is 4.78. The third-order valence-electron chi connectivity index (χ3n) is 3.85. The van der Waals surface area contributed by atoms with Gasteiger partial charge in [-0.2, -0.15) is 0 Å². The van der Waals surface area contributed by atoms with Crippen molar-refractivity contribution in [3.05, 3.63) is 52.7 Å². The standard InChI is InChI=1S/C17H25N5O3S/c1-12-13(2)25-16(22-12)10-21-17(18-3)20-9-14-5-7-15(8-6-14)11-26(23,24)19-4/h5-8,19H,9-11H2,1-4H3,(H2,18,20,21). The molecule has 142 valence electrons. The lowest BCUT2D eigenvalue weighted by Crippen LogP contribution is -2.36. The third kappa shape index (κ3) is 5.85. The van der Waals surface area contributed by atoms with E-state index < -0.39 is 10.0 Å². The number of aliphatic imine (C=N–C) groups is 1. The van der Waals surface area contributed by atoms with E-state index in [0.29, 0.717) is 24.9 Å². The topological polar surface area (TPSA) is 109 Å². The van der Waals surface area contributed by atoms with E-state index in [2.05, 4.69) is 25.3 Å². The molecule has 26 heavy (non-hydrogen) atoms. The number of aromatic nitrogens is 1. The first-order chi connectivity index (χ1) is 12.3. The van der Waals surface area contributed by atoms with Crippen LogP contribution in [-0.4, -0.2) is 33.5 Å². The van der Waals surface area contributed by atoms with Gasteiger partial charge in [0.1, 0.15) is 5.76 Å². The largest absolute Gasteiger partial charge is 0.444 e. The average molecular weight is 379 g/mol. The van der Waals surface area contributed by atoms with Crippen molar-refractivity contribution in [2.45, 2.75) is 32.7 Å². The van der Waals surface area contributed by atoms with Gasteiger partial charge in [-0.3, -0.25) is 4.99 Å². The van der Waals surface area contributed by atoms with Gasteiger partial charge in [-0.15, -0.1) is 0 Å². The zero-order valence-electron chi connectivity index (χ0n) is 15.5. The van der Waals surface area contributed by atoms with Gasteiger partial charge in [-0.25, -0.2) is 18.1 Å². The molecule has 1 aromatic heterocycles. The molecule has 0 unspecified atom stereocenters. The molecule has 0 fully saturated rings. The highest BCUT2D eigenvalue weighted by Crippen LogP contribution is 2.09. The molecule has 3 N–H and O–H groups in total. The number of guanidine groups is 1. The van der Waals surface area contributed by atoms with E-state index in [1.165, 1.54) is 7.05 Å². The molecule has 0 aliphatic carbocycles. The van der Waals surface area contributed by atoms with Crippen LogP contribution >= 0.6 is 0 Å². The SMILES string of the molecule is CN=C(NCc1ccc(CS(=O)(=O)NC)cc1)NCc1nc(C)c(C)o1. The first kappa shape index (κ1) is 19.9. The zero-order chi connectivity index (χ0) is 19.2. The smallest absolute Gasteiger partial charge is 0.215 e. The monoisotopic (exact) mass is 379 g/mol. The van der Waals surface area contributed by atoms with Crippen molar-refractivity contribution >= 4 is 16.0 Å². The molecule has 0 saturated heterocycles. The summed E-state index contributed by atoms with van der Waals surface area (Å²) in [5.74, 6) is 2.01. The number of aryl methyl sites for hydroxylation is 2. The highest BCUT2D eigenvalue weighted by molar-refractivity contribution is 7.88. The molecular formula is C17H25N5O3S. The van der Waals surface area contributed by atoms with Gasteiger partial charge in [0.2, 0.25) is 15.9 Å². The summed E-state index contributed by atoms with van der Waals surface area (Å²) in [4.78, 5) is 8.48. The lowest BCUT2D eigenvalue weighted by atomic mass is 10.1. The Bertz CT molecular complexity index is 838. The summed E-state index contributed by atoms with van der Waals surface area (Å²) in [6, 6.07) is 7.39. The fourth-order valence-corrected chi connectivity index (χ4v) is 3.00. The lowest BCUT2D eigenvalue weighted by Gasteiger charge is -2.11. The maximum atomic E-state index is 11.6. The normalized spacial score (nSPS) is 12.2. The minimum atomic E-state index is -3.26. The Morgan fingerprint density at radius 2 is 1.73 bits per heavy atom. The molecule has 0 amide bonds. The second-order valence-corrected chi connectivity index (χ2v) is 7.73. The van der Waals surface area contributed by atoms with Crippen LogP contribution in [0.5, 0.6) is 0 Å². The average Bonchev–Trinajstić information content (AvgIpc) is 2.94. The second-order valence-electron chi connectivity index (χ2n) is 5.81. The number of hydrogen-bond donors (Lipinski definition) is 3. The first-order valence-electron chi connectivity index (χ1n) is 8.19. The molecule has 0 radical (unpaired) electrons. The highest BCUT2D eigenvalue weighted by atomic mass is 32.2. The highest BCUT2D eigenvalue weighted by Gasteiger charge is 2.09. The van der Waals surface area contributed by atoms with Crippen LogP contribution in [0.3, 0.4) is 0 Å². The summed E-state index contributed by atoms with van der Waals surface area (Å²) in [7, 11) is -0.162. The molecule has 0 bridgehead atoms. The van der Waals surface area contributed by atoms with E-state index in [9.17, 15) is 8.42 Å². The Morgan fingerprint density at radius 1 is 1.12 bits per heavy atom. The Morgan fingerprint density at radius 3 is 2.27 bits per heavy atom. The Hall–Kier alpha value is -2.39. The molecule has 1 aromatic carbocycles. The van der Waals surface area contributed by atoms with Gasteiger partial charge in [0.05, 0.1) is 18.0 Å². The number of rotatable bonds is 7. The van der Waals surface area contributed by atoms with Gasteiger partial charge in [-0.1, -0.05) is 24.3 Å². The van der Waals surface area contributed by atoms with E-state index in [4.69, 9.17) is 4.42 Å². The van der Waals surface area contributed by atoms with E-state index in [1.54, 1.807) is 19.2 Å². The van der Waals surface area contributed by atoms with E-state index in [1.807, 2.05) is 26.0 Å². The van der Waals surface area contributed by atoms with Gasteiger partial charge >= 0.3 is 0 Å². The van der Waals surface area contributed by atoms with Crippen LogP contribution in [0.4, 0.5) is 0 Å². The number of hydrogen-bond acceptors (Lipinski definition) is 5. The Balaban J connectivity index is 1.86. The van der Waals surface area contributed by atoms with Crippen LogP contribution < -0.4 is 15.4 Å². The van der Waals surface area contributed by atoms with Gasteiger partial charge in [-0.05, 0) is 32.0 Å². The fourth-order valence-electron chi connectivity index (χ4n) is 2.23. The molecule has 0 atom stereocenters. The van der Waals surface area contributed by atoms with Crippen LogP contribution in [-0.2, 0) is 28.9 Å². The number of nitrogens with zero attached hydrogens (tertiary/aromatic N) is 2. The first-order valence-corrected chi connectivity index (χ1v) is 9.84. The molecule has 0 saturated carbocycles. The summed E-state index contributed by atoms with van der Waals surface area (Å²) < 4.78 is 30.9. The molecule has 2 aromatic rings. The number of nitrogens with one attached hydrogen (secondary N) is 3. The van der Waals surface area contributed by atoms with Crippen LogP contribution in [0.15, 0.2) is 33.7 Å². The van der Waals surface area contributed by atoms with Crippen molar-refractivity contribution in [1.29, 1.82) is 0 Å². The Kier molecular flexibility index (Phi) is 6.76. The predicted octanol–water partition coefficient (Wildman–Crippen LogP) is 1.21. The second kappa shape index (κ2) is 8.81. The van der Waals surface area contributed by atoms with Crippen LogP contribution in [0.1, 0.15) is 28.5 Å². The molecule has 0 aliphatic heterocycles. The third-order valence-corrected chi connectivity index (χ3v) is 5.19. The van der Waals surface area contributed by atoms with Crippen molar-refractivity contribution in [3.8, 4) is 0 Å². The minimum Gasteiger partial charge on any atom is -0.444 e. The zero-order valence-corrected chi connectivity index (χ0v) is 16.3. The molecular weight excluding hydrogens is 354 g/mol. The minimum absolute atomic E-state index is 0.0323. The van der Waals surface area contributed by atoms with Gasteiger partial charge in [0.15, 0.2) is 5.96 Å². The van der Waals surface area contributed by atoms with E-state index in [-0.39, 0.29) is 5.75 Å². The number of benzene rings is 1. The molecule has 0 aliphatic rings. The molecule has 9 heteroatoms. The Labute approximate surface area is 154 Å². The molecule has 2 rings (SSSR count).